The molecule has 0 aliphatic carbocycles. The van der Waals surface area contributed by atoms with Crippen molar-refractivity contribution in [3.63, 3.8) is 0 Å². The molecule has 2 N–H and O–H groups in total. The second-order valence-electron chi connectivity index (χ2n) is 3.86. The monoisotopic (exact) mass is 267 g/mol. The topological polar surface area (TPSA) is 103 Å². The first-order chi connectivity index (χ1) is 9.11. The molecule has 102 valence electrons. The van der Waals surface area contributed by atoms with Gasteiger partial charge in [-0.05, 0) is 7.05 Å². The van der Waals surface area contributed by atoms with Crippen molar-refractivity contribution in [2.24, 2.45) is 0 Å². The molecule has 0 saturated heterocycles. The van der Waals surface area contributed by atoms with E-state index in [1.165, 1.54) is 12.1 Å². The van der Waals surface area contributed by atoms with E-state index in [1.807, 2.05) is 0 Å². The molecule has 1 aliphatic rings. The van der Waals surface area contributed by atoms with Gasteiger partial charge in [-0.3, -0.25) is 14.9 Å². The van der Waals surface area contributed by atoms with Gasteiger partial charge < -0.3 is 20.1 Å². The summed E-state index contributed by atoms with van der Waals surface area (Å²) in [5.41, 5.74) is 0.187. The molecule has 0 radical (unpaired) electrons. The molecule has 0 spiro atoms. The van der Waals surface area contributed by atoms with E-state index in [1.54, 1.807) is 7.05 Å². The van der Waals surface area contributed by atoms with Crippen molar-refractivity contribution >= 4 is 17.3 Å². The minimum Gasteiger partial charge on any atom is -0.485 e. The van der Waals surface area contributed by atoms with Crippen LogP contribution in [0.15, 0.2) is 12.1 Å². The third kappa shape index (κ3) is 2.91. The Balaban J connectivity index is 2.31. The van der Waals surface area contributed by atoms with Gasteiger partial charge in [-0.1, -0.05) is 0 Å². The third-order valence-electron chi connectivity index (χ3n) is 2.50. The fourth-order valence-electron chi connectivity index (χ4n) is 1.62. The number of nitrogens with zero attached hydrogens (tertiary/aromatic N) is 1. The molecule has 0 aromatic heterocycles. The largest absolute Gasteiger partial charge is 0.485 e. The molecule has 1 aromatic rings. The Kier molecular flexibility index (Phi) is 3.81. The van der Waals surface area contributed by atoms with E-state index in [-0.39, 0.29) is 36.3 Å². The molecule has 0 unspecified atom stereocenters. The average molecular weight is 267 g/mol. The fraction of sp³-hybridized carbons (Fsp3) is 0.364. The van der Waals surface area contributed by atoms with Gasteiger partial charge in [-0.25, -0.2) is 0 Å². The number of hydrogen-bond donors (Lipinski definition) is 2. The number of likely N-dealkylation sites (N-methyl/N-ethyl adjacent to an activating group) is 1. The van der Waals surface area contributed by atoms with Gasteiger partial charge in [0.15, 0.2) is 18.1 Å². The van der Waals surface area contributed by atoms with Gasteiger partial charge in [0.25, 0.3) is 5.91 Å². The maximum absolute atomic E-state index is 11.2. The molecule has 1 aromatic carbocycles. The van der Waals surface area contributed by atoms with Crippen LogP contribution in [0.4, 0.5) is 11.4 Å². The summed E-state index contributed by atoms with van der Waals surface area (Å²) in [7, 11) is 1.75. The number of fused-ring (bicyclic) bond motifs is 1. The third-order valence-corrected chi connectivity index (χ3v) is 2.50. The zero-order valence-electron chi connectivity index (χ0n) is 10.3. The number of nitro benzene ring substituents is 1. The molecule has 1 amide bonds. The van der Waals surface area contributed by atoms with Crippen molar-refractivity contribution in [1.82, 2.24) is 5.32 Å². The Morgan fingerprint density at radius 2 is 2.37 bits per heavy atom. The minimum atomic E-state index is -0.547. The lowest BCUT2D eigenvalue weighted by atomic mass is 10.2. The predicted molar refractivity (Wildman–Crippen MR) is 66.6 cm³/mol. The highest BCUT2D eigenvalue weighted by molar-refractivity contribution is 5.96. The Morgan fingerprint density at radius 3 is 3.05 bits per heavy atom. The molecule has 8 heteroatoms. The van der Waals surface area contributed by atoms with Crippen LogP contribution >= 0.6 is 0 Å². The average Bonchev–Trinajstić information content (AvgIpc) is 2.37. The molecule has 1 heterocycles. The fourth-order valence-corrected chi connectivity index (χ4v) is 1.62. The summed E-state index contributed by atoms with van der Waals surface area (Å²) in [6.07, 6.45) is 0. The summed E-state index contributed by atoms with van der Waals surface area (Å²) >= 11 is 0. The van der Waals surface area contributed by atoms with Gasteiger partial charge in [0.1, 0.15) is 6.61 Å². The Morgan fingerprint density at radius 1 is 1.58 bits per heavy atom. The summed E-state index contributed by atoms with van der Waals surface area (Å²) in [5, 5.41) is 16.4. The Labute approximate surface area is 108 Å². The van der Waals surface area contributed by atoms with Gasteiger partial charge >= 0.3 is 5.69 Å². The van der Waals surface area contributed by atoms with Crippen LogP contribution < -0.4 is 20.1 Å². The van der Waals surface area contributed by atoms with Gasteiger partial charge in [0.05, 0.1) is 16.7 Å². The van der Waals surface area contributed by atoms with Crippen molar-refractivity contribution in [2.75, 3.05) is 32.1 Å². The zero-order valence-corrected chi connectivity index (χ0v) is 10.3. The van der Waals surface area contributed by atoms with Crippen molar-refractivity contribution < 1.29 is 19.2 Å². The molecule has 2 rings (SSSR count). The molecular weight excluding hydrogens is 254 g/mol. The number of nitrogens with one attached hydrogen (secondary N) is 2. The molecule has 0 saturated carbocycles. The molecular formula is C11H13N3O5. The SMILES string of the molecule is CNCCOc1cc2c(cc1[N+](=O)[O-])OCC(=O)N2. The van der Waals surface area contributed by atoms with E-state index < -0.39 is 4.92 Å². The lowest BCUT2D eigenvalue weighted by Crippen LogP contribution is -2.25. The van der Waals surface area contributed by atoms with Gasteiger partial charge in [0.2, 0.25) is 0 Å². The summed E-state index contributed by atoms with van der Waals surface area (Å²) in [4.78, 5) is 21.6. The second-order valence-corrected chi connectivity index (χ2v) is 3.86. The van der Waals surface area contributed by atoms with Gasteiger partial charge in [-0.15, -0.1) is 0 Å². The highest BCUT2D eigenvalue weighted by atomic mass is 16.6. The zero-order chi connectivity index (χ0) is 13.8. The van der Waals surface area contributed by atoms with Crippen molar-refractivity contribution in [2.45, 2.75) is 0 Å². The van der Waals surface area contributed by atoms with E-state index in [0.717, 1.165) is 0 Å². The maximum atomic E-state index is 11.2. The number of carbonyl (C=O) groups is 1. The van der Waals surface area contributed by atoms with Crippen LogP contribution in [-0.4, -0.2) is 37.6 Å². The molecule has 19 heavy (non-hydrogen) atoms. The van der Waals surface area contributed by atoms with Crippen LogP contribution in [-0.2, 0) is 4.79 Å². The van der Waals surface area contributed by atoms with Crippen molar-refractivity contribution in [1.29, 1.82) is 0 Å². The van der Waals surface area contributed by atoms with E-state index >= 15 is 0 Å². The highest BCUT2D eigenvalue weighted by Crippen LogP contribution is 2.39. The lowest BCUT2D eigenvalue weighted by molar-refractivity contribution is -0.385. The number of carbonyl (C=O) groups excluding carboxylic acids is 1. The van der Waals surface area contributed by atoms with Gasteiger partial charge in [-0.2, -0.15) is 0 Å². The molecule has 1 aliphatic heterocycles. The van der Waals surface area contributed by atoms with E-state index in [0.29, 0.717) is 12.2 Å². The van der Waals surface area contributed by atoms with Crippen LogP contribution in [0.2, 0.25) is 0 Å². The minimum absolute atomic E-state index is 0.102. The Hall–Kier alpha value is -2.35. The normalized spacial score (nSPS) is 13.2. The first-order valence-electron chi connectivity index (χ1n) is 5.64. The molecule has 0 bridgehead atoms. The van der Waals surface area contributed by atoms with E-state index in [4.69, 9.17) is 9.47 Å². The summed E-state index contributed by atoms with van der Waals surface area (Å²) < 4.78 is 10.5. The lowest BCUT2D eigenvalue weighted by Gasteiger charge is -2.18. The number of anilines is 1. The first kappa shape index (κ1) is 13.1. The van der Waals surface area contributed by atoms with Crippen LogP contribution in [0.25, 0.3) is 0 Å². The van der Waals surface area contributed by atoms with Crippen LogP contribution in [0.1, 0.15) is 0 Å². The molecule has 0 fully saturated rings. The highest BCUT2D eigenvalue weighted by Gasteiger charge is 2.24. The number of rotatable bonds is 5. The summed E-state index contributed by atoms with van der Waals surface area (Å²) in [5.74, 6) is 0.0691. The standard InChI is InChI=1S/C11H13N3O5/c1-12-2-3-18-10-4-7-9(5-8(10)14(16)17)19-6-11(15)13-7/h4-5,12H,2-3,6H2,1H3,(H,13,15). The van der Waals surface area contributed by atoms with Crippen LogP contribution in [0.5, 0.6) is 11.5 Å². The van der Waals surface area contributed by atoms with Crippen molar-refractivity contribution in [3.8, 4) is 11.5 Å². The number of benzene rings is 1. The second kappa shape index (κ2) is 5.53. The molecule has 0 atom stereocenters. The molecule has 8 nitrogen and oxygen atoms in total. The quantitative estimate of drug-likeness (QED) is 0.458. The number of nitro groups is 1. The number of ether oxygens (including phenoxy) is 2. The summed E-state index contributed by atoms with van der Waals surface area (Å²) in [6, 6.07) is 2.66. The number of hydrogen-bond acceptors (Lipinski definition) is 6. The van der Waals surface area contributed by atoms with Gasteiger partial charge in [0, 0.05) is 12.6 Å². The first-order valence-corrected chi connectivity index (χ1v) is 5.64. The smallest absolute Gasteiger partial charge is 0.314 e. The van der Waals surface area contributed by atoms with Crippen molar-refractivity contribution in [3.05, 3.63) is 22.2 Å². The van der Waals surface area contributed by atoms with Crippen LogP contribution in [0.3, 0.4) is 0 Å². The van der Waals surface area contributed by atoms with Crippen LogP contribution in [0, 0.1) is 10.1 Å². The Bertz CT molecular complexity index is 517. The number of amides is 1. The maximum Gasteiger partial charge on any atom is 0.314 e. The van der Waals surface area contributed by atoms with E-state index in [2.05, 4.69) is 10.6 Å². The predicted octanol–water partition coefficient (Wildman–Crippen LogP) is 0.524. The van der Waals surface area contributed by atoms with E-state index in [9.17, 15) is 14.9 Å². The summed E-state index contributed by atoms with van der Waals surface area (Å²) in [6.45, 7) is 0.687.